The molecule has 0 aromatic heterocycles. The van der Waals surface area contributed by atoms with Crippen molar-refractivity contribution >= 4 is 17.7 Å². The summed E-state index contributed by atoms with van der Waals surface area (Å²) in [5.41, 5.74) is 2.63. The number of carboxylic acid groups (broad SMARTS) is 1. The van der Waals surface area contributed by atoms with E-state index in [0.717, 1.165) is 22.1 Å². The normalized spacial score (nSPS) is 11.7. The largest absolute Gasteiger partial charge is 0.478 e. The zero-order valence-corrected chi connectivity index (χ0v) is 14.5. The lowest BCUT2D eigenvalue weighted by Gasteiger charge is -2.31. The molecular weight excluding hydrogens is 324 g/mol. The van der Waals surface area contributed by atoms with E-state index in [9.17, 15) is 18.7 Å². The minimum Gasteiger partial charge on any atom is -0.478 e. The van der Waals surface area contributed by atoms with Crippen molar-refractivity contribution in [3.05, 3.63) is 70.8 Å². The minimum atomic E-state index is -3.32. The van der Waals surface area contributed by atoms with Gasteiger partial charge in [0.1, 0.15) is 0 Å². The maximum atomic E-state index is 14.7. The Morgan fingerprint density at radius 3 is 2.44 bits per heavy atom. The van der Waals surface area contributed by atoms with Crippen LogP contribution >= 0.6 is 0 Å². The highest BCUT2D eigenvalue weighted by molar-refractivity contribution is 5.94. The minimum absolute atomic E-state index is 0.00719. The van der Waals surface area contributed by atoms with E-state index in [1.165, 1.54) is 24.3 Å². The van der Waals surface area contributed by atoms with Crippen molar-refractivity contribution in [1.82, 2.24) is 0 Å². The molecule has 0 saturated heterocycles. The first-order chi connectivity index (χ1) is 11.8. The molecule has 0 unspecified atom stereocenters. The third kappa shape index (κ3) is 4.24. The van der Waals surface area contributed by atoms with Crippen LogP contribution in [-0.4, -0.2) is 23.7 Å². The standard InChI is InChI=1S/C20H21F2NO2/c1-4-23(18-8-6-5-7-17(18)19(24)25)20(21,22)12-11-16-10-9-14(2)15(3)13-16/h5-13H,4H2,1-3H3,(H,24,25)/b12-11+. The summed E-state index contributed by atoms with van der Waals surface area (Å²) in [6.07, 6.45) is 2.16. The van der Waals surface area contributed by atoms with E-state index in [-0.39, 0.29) is 17.8 Å². The molecule has 1 N–H and O–H groups in total. The van der Waals surface area contributed by atoms with Crippen LogP contribution in [-0.2, 0) is 0 Å². The molecule has 0 aliphatic heterocycles. The Hall–Kier alpha value is -2.69. The van der Waals surface area contributed by atoms with Gasteiger partial charge in [-0.15, -0.1) is 0 Å². The van der Waals surface area contributed by atoms with Gasteiger partial charge in [0, 0.05) is 12.6 Å². The smallest absolute Gasteiger partial charge is 0.346 e. The SMILES string of the molecule is CCN(c1ccccc1C(=O)O)C(F)(F)/C=C/c1ccc(C)c(C)c1. The topological polar surface area (TPSA) is 40.5 Å². The van der Waals surface area contributed by atoms with Gasteiger partial charge in [0.05, 0.1) is 11.3 Å². The van der Waals surface area contributed by atoms with Crippen molar-refractivity contribution in [2.45, 2.75) is 26.8 Å². The van der Waals surface area contributed by atoms with Gasteiger partial charge in [-0.2, -0.15) is 8.78 Å². The summed E-state index contributed by atoms with van der Waals surface area (Å²) in [5, 5.41) is 9.25. The number of hydrogen-bond donors (Lipinski definition) is 1. The summed E-state index contributed by atoms with van der Waals surface area (Å²) < 4.78 is 29.5. The fraction of sp³-hybridized carbons (Fsp3) is 0.250. The lowest BCUT2D eigenvalue weighted by molar-refractivity contribution is 0.0522. The van der Waals surface area contributed by atoms with Gasteiger partial charge in [-0.1, -0.05) is 36.4 Å². The fourth-order valence-electron chi connectivity index (χ4n) is 2.59. The number of carbonyl (C=O) groups is 1. The quantitative estimate of drug-likeness (QED) is 0.738. The highest BCUT2D eigenvalue weighted by Crippen LogP contribution is 2.31. The lowest BCUT2D eigenvalue weighted by Crippen LogP contribution is -2.40. The van der Waals surface area contributed by atoms with Crippen molar-refractivity contribution in [1.29, 1.82) is 0 Å². The number of para-hydroxylation sites is 1. The number of alkyl halides is 2. The van der Waals surface area contributed by atoms with Crippen molar-refractivity contribution < 1.29 is 18.7 Å². The molecule has 0 heterocycles. The summed E-state index contributed by atoms with van der Waals surface area (Å²) in [6, 6.07) is 7.95. The van der Waals surface area contributed by atoms with Gasteiger partial charge >= 0.3 is 12.0 Å². The van der Waals surface area contributed by atoms with Crippen LogP contribution in [0.4, 0.5) is 14.5 Å². The molecule has 2 rings (SSSR count). The van der Waals surface area contributed by atoms with Gasteiger partial charge < -0.3 is 10.0 Å². The number of nitrogens with zero attached hydrogens (tertiary/aromatic N) is 1. The van der Waals surface area contributed by atoms with E-state index < -0.39 is 12.0 Å². The zero-order chi connectivity index (χ0) is 18.6. The van der Waals surface area contributed by atoms with E-state index in [2.05, 4.69) is 0 Å². The molecule has 0 atom stereocenters. The Morgan fingerprint density at radius 2 is 1.84 bits per heavy atom. The number of halogens is 2. The maximum Gasteiger partial charge on any atom is 0.346 e. The molecule has 3 nitrogen and oxygen atoms in total. The maximum absolute atomic E-state index is 14.7. The molecule has 0 aliphatic carbocycles. The second-order valence-electron chi connectivity index (χ2n) is 5.83. The van der Waals surface area contributed by atoms with Crippen LogP contribution < -0.4 is 4.90 Å². The van der Waals surface area contributed by atoms with E-state index >= 15 is 0 Å². The molecule has 2 aromatic carbocycles. The molecule has 0 radical (unpaired) electrons. The van der Waals surface area contributed by atoms with Crippen molar-refractivity contribution in [3.8, 4) is 0 Å². The molecule has 0 spiro atoms. The molecule has 0 bridgehead atoms. The molecule has 0 amide bonds. The summed E-state index contributed by atoms with van der Waals surface area (Å²) >= 11 is 0. The lowest BCUT2D eigenvalue weighted by atomic mass is 10.1. The summed E-state index contributed by atoms with van der Waals surface area (Å²) in [4.78, 5) is 12.1. The second kappa shape index (κ2) is 7.47. The first-order valence-corrected chi connectivity index (χ1v) is 8.00. The third-order valence-corrected chi connectivity index (χ3v) is 4.11. The molecule has 5 heteroatoms. The number of aromatic carboxylic acids is 1. The summed E-state index contributed by atoms with van der Waals surface area (Å²) in [5.74, 6) is -1.23. The monoisotopic (exact) mass is 345 g/mol. The zero-order valence-electron chi connectivity index (χ0n) is 14.5. The van der Waals surface area contributed by atoms with Crippen LogP contribution in [0.2, 0.25) is 0 Å². The van der Waals surface area contributed by atoms with Gasteiger partial charge in [-0.3, -0.25) is 0 Å². The van der Waals surface area contributed by atoms with Crippen LogP contribution in [0.1, 0.15) is 34.0 Å². The Kier molecular flexibility index (Phi) is 5.57. The number of benzene rings is 2. The number of rotatable bonds is 6. The molecule has 2 aromatic rings. The van der Waals surface area contributed by atoms with Gasteiger partial charge in [-0.05, 0) is 49.6 Å². The number of aryl methyl sites for hydroxylation is 2. The molecule has 25 heavy (non-hydrogen) atoms. The first kappa shape index (κ1) is 18.6. The van der Waals surface area contributed by atoms with Crippen molar-refractivity contribution in [2.24, 2.45) is 0 Å². The Balaban J connectivity index is 2.37. The predicted molar refractivity (Wildman–Crippen MR) is 96.3 cm³/mol. The van der Waals surface area contributed by atoms with E-state index in [4.69, 9.17) is 0 Å². The van der Waals surface area contributed by atoms with E-state index in [0.29, 0.717) is 5.56 Å². The Bertz CT molecular complexity index is 800. The van der Waals surface area contributed by atoms with Crippen LogP contribution in [0.15, 0.2) is 48.5 Å². The second-order valence-corrected chi connectivity index (χ2v) is 5.83. The summed E-state index contributed by atoms with van der Waals surface area (Å²) in [6.45, 7) is 5.41. The van der Waals surface area contributed by atoms with Crippen molar-refractivity contribution in [2.75, 3.05) is 11.4 Å². The average molecular weight is 345 g/mol. The van der Waals surface area contributed by atoms with E-state index in [1.54, 1.807) is 19.1 Å². The van der Waals surface area contributed by atoms with Crippen LogP contribution in [0.5, 0.6) is 0 Å². The Morgan fingerprint density at radius 1 is 1.16 bits per heavy atom. The van der Waals surface area contributed by atoms with Gasteiger partial charge in [0.25, 0.3) is 0 Å². The number of carboxylic acids is 1. The predicted octanol–water partition coefficient (Wildman–Crippen LogP) is 5.13. The third-order valence-electron chi connectivity index (χ3n) is 4.11. The van der Waals surface area contributed by atoms with Gasteiger partial charge in [0.2, 0.25) is 0 Å². The van der Waals surface area contributed by atoms with Crippen LogP contribution in [0.25, 0.3) is 6.08 Å². The molecule has 0 fully saturated rings. The Labute approximate surface area is 146 Å². The number of likely N-dealkylation sites (N-methyl/N-ethyl adjacent to an activating group) is 1. The number of anilines is 1. The number of hydrogen-bond acceptors (Lipinski definition) is 2. The first-order valence-electron chi connectivity index (χ1n) is 8.00. The average Bonchev–Trinajstić information content (AvgIpc) is 2.57. The van der Waals surface area contributed by atoms with E-state index in [1.807, 2.05) is 26.0 Å². The van der Waals surface area contributed by atoms with Gasteiger partial charge in [0.15, 0.2) is 0 Å². The molecule has 0 saturated carbocycles. The molecule has 132 valence electrons. The molecule has 0 aliphatic rings. The fourth-order valence-corrected chi connectivity index (χ4v) is 2.59. The molecular formula is C20H21F2NO2. The highest BCUT2D eigenvalue weighted by atomic mass is 19.3. The summed E-state index contributed by atoms with van der Waals surface area (Å²) in [7, 11) is 0. The van der Waals surface area contributed by atoms with Crippen molar-refractivity contribution in [3.63, 3.8) is 0 Å². The van der Waals surface area contributed by atoms with Crippen LogP contribution in [0.3, 0.4) is 0 Å². The van der Waals surface area contributed by atoms with Gasteiger partial charge in [-0.25, -0.2) is 4.79 Å². The highest BCUT2D eigenvalue weighted by Gasteiger charge is 2.35. The van der Waals surface area contributed by atoms with Crippen LogP contribution in [0, 0.1) is 13.8 Å².